The Hall–Kier alpha value is -1.43. The molecule has 0 radical (unpaired) electrons. The molecule has 1 fully saturated rings. The largest absolute Gasteiger partial charge is 0.315 e. The van der Waals surface area contributed by atoms with Gasteiger partial charge in [0, 0.05) is 43.3 Å². The highest BCUT2D eigenvalue weighted by Gasteiger charge is 2.21. The smallest absolute Gasteiger partial charge is 0.304 e. The van der Waals surface area contributed by atoms with E-state index in [0.717, 1.165) is 31.9 Å². The monoisotopic (exact) mass is 289 g/mol. The van der Waals surface area contributed by atoms with E-state index in [1.165, 1.54) is 23.3 Å². The third kappa shape index (κ3) is 3.56. The average molecular weight is 289 g/mol. The molecule has 1 aliphatic heterocycles. The minimum atomic E-state index is 0.0268. The lowest BCUT2D eigenvalue weighted by Crippen LogP contribution is -2.32. The number of likely N-dealkylation sites (tertiary alicyclic amines) is 1. The van der Waals surface area contributed by atoms with Crippen LogP contribution in [0.2, 0.25) is 0 Å². The fourth-order valence-corrected chi connectivity index (χ4v) is 3.22. The van der Waals surface area contributed by atoms with Crippen molar-refractivity contribution in [2.75, 3.05) is 13.1 Å². The summed E-state index contributed by atoms with van der Waals surface area (Å²) in [6.45, 7) is 3.98. The lowest BCUT2D eigenvalue weighted by Gasteiger charge is -2.16. The SMILES string of the molecule is O=c1[nH]c(CNC2CCN(Cc3ccccc3)C2)cs1. The van der Waals surface area contributed by atoms with Gasteiger partial charge in [-0.25, -0.2) is 0 Å². The van der Waals surface area contributed by atoms with E-state index in [1.807, 2.05) is 5.38 Å². The van der Waals surface area contributed by atoms with Crippen LogP contribution in [0.15, 0.2) is 40.5 Å². The molecule has 2 aromatic rings. The standard InChI is InChI=1S/C15H19N3OS/c19-15-17-14(11-20-15)8-16-13-6-7-18(10-13)9-12-4-2-1-3-5-12/h1-5,11,13,16H,6-10H2,(H,17,19). The number of H-pyrrole nitrogens is 1. The fraction of sp³-hybridized carbons (Fsp3) is 0.400. The van der Waals surface area contributed by atoms with E-state index >= 15 is 0 Å². The highest BCUT2D eigenvalue weighted by molar-refractivity contribution is 7.07. The molecule has 1 unspecified atom stereocenters. The predicted octanol–water partition coefficient (Wildman–Crippen LogP) is 1.80. The molecule has 0 amide bonds. The summed E-state index contributed by atoms with van der Waals surface area (Å²) in [6, 6.07) is 11.1. The molecule has 0 spiro atoms. The number of hydrogen-bond acceptors (Lipinski definition) is 4. The van der Waals surface area contributed by atoms with Gasteiger partial charge in [-0.2, -0.15) is 0 Å². The van der Waals surface area contributed by atoms with Crippen LogP contribution in [0.3, 0.4) is 0 Å². The molecule has 1 aromatic carbocycles. The van der Waals surface area contributed by atoms with Crippen LogP contribution in [0.25, 0.3) is 0 Å². The number of thiazole rings is 1. The maximum Gasteiger partial charge on any atom is 0.304 e. The molecular formula is C15H19N3OS. The Balaban J connectivity index is 1.46. The molecule has 3 rings (SSSR count). The summed E-state index contributed by atoms with van der Waals surface area (Å²) >= 11 is 1.23. The molecule has 0 saturated carbocycles. The van der Waals surface area contributed by atoms with Crippen molar-refractivity contribution in [2.45, 2.75) is 25.6 Å². The van der Waals surface area contributed by atoms with Crippen molar-refractivity contribution < 1.29 is 0 Å². The minimum absolute atomic E-state index is 0.0268. The number of hydrogen-bond donors (Lipinski definition) is 2. The Kier molecular flexibility index (Phi) is 4.30. The third-order valence-electron chi connectivity index (χ3n) is 3.67. The molecular weight excluding hydrogens is 270 g/mol. The number of rotatable bonds is 5. The van der Waals surface area contributed by atoms with Crippen LogP contribution in [-0.4, -0.2) is 29.0 Å². The van der Waals surface area contributed by atoms with Crippen molar-refractivity contribution in [1.82, 2.24) is 15.2 Å². The Morgan fingerprint density at radius 3 is 2.95 bits per heavy atom. The van der Waals surface area contributed by atoms with Crippen molar-refractivity contribution >= 4 is 11.3 Å². The minimum Gasteiger partial charge on any atom is -0.315 e. The van der Waals surface area contributed by atoms with E-state index in [0.29, 0.717) is 6.04 Å². The quantitative estimate of drug-likeness (QED) is 0.882. The fourth-order valence-electron chi connectivity index (χ4n) is 2.64. The van der Waals surface area contributed by atoms with Gasteiger partial charge in [0.25, 0.3) is 0 Å². The zero-order chi connectivity index (χ0) is 13.8. The van der Waals surface area contributed by atoms with Crippen LogP contribution in [0.5, 0.6) is 0 Å². The van der Waals surface area contributed by atoms with Gasteiger partial charge in [0.2, 0.25) is 0 Å². The van der Waals surface area contributed by atoms with Crippen molar-refractivity contribution in [3.05, 3.63) is 56.6 Å². The van der Waals surface area contributed by atoms with Crippen molar-refractivity contribution in [1.29, 1.82) is 0 Å². The molecule has 5 heteroatoms. The molecule has 20 heavy (non-hydrogen) atoms. The normalized spacial score (nSPS) is 19.5. The maximum absolute atomic E-state index is 11.1. The van der Waals surface area contributed by atoms with Gasteiger partial charge in [-0.1, -0.05) is 41.7 Å². The lowest BCUT2D eigenvalue weighted by molar-refractivity contribution is 0.320. The first-order valence-electron chi connectivity index (χ1n) is 6.96. The summed E-state index contributed by atoms with van der Waals surface area (Å²) in [5, 5.41) is 5.42. The number of nitrogens with one attached hydrogen (secondary N) is 2. The van der Waals surface area contributed by atoms with Gasteiger partial charge >= 0.3 is 4.87 Å². The Labute approximate surface area is 122 Å². The Morgan fingerprint density at radius 1 is 1.35 bits per heavy atom. The molecule has 2 N–H and O–H groups in total. The topological polar surface area (TPSA) is 48.1 Å². The predicted molar refractivity (Wildman–Crippen MR) is 81.9 cm³/mol. The number of benzene rings is 1. The first-order chi connectivity index (χ1) is 9.79. The van der Waals surface area contributed by atoms with Crippen molar-refractivity contribution in [3.63, 3.8) is 0 Å². The molecule has 1 aliphatic rings. The molecule has 2 heterocycles. The van der Waals surface area contributed by atoms with Crippen LogP contribution in [0, 0.1) is 0 Å². The van der Waals surface area contributed by atoms with Gasteiger partial charge in [-0.15, -0.1) is 0 Å². The third-order valence-corrected chi connectivity index (χ3v) is 4.39. The van der Waals surface area contributed by atoms with Gasteiger partial charge in [-0.3, -0.25) is 9.69 Å². The van der Waals surface area contributed by atoms with Crippen LogP contribution in [0.1, 0.15) is 17.7 Å². The summed E-state index contributed by atoms with van der Waals surface area (Å²) in [6.07, 6.45) is 1.17. The molecule has 106 valence electrons. The highest BCUT2D eigenvalue weighted by atomic mass is 32.1. The van der Waals surface area contributed by atoms with E-state index in [4.69, 9.17) is 0 Å². The second-order valence-corrected chi connectivity index (χ2v) is 6.10. The van der Waals surface area contributed by atoms with Gasteiger partial charge in [0.05, 0.1) is 0 Å². The second kappa shape index (κ2) is 6.35. The van der Waals surface area contributed by atoms with E-state index in [9.17, 15) is 4.79 Å². The van der Waals surface area contributed by atoms with Gasteiger partial charge in [0.1, 0.15) is 0 Å². The summed E-state index contributed by atoms with van der Waals surface area (Å²) in [4.78, 5) is 16.4. The summed E-state index contributed by atoms with van der Waals surface area (Å²) in [5.41, 5.74) is 2.36. The van der Waals surface area contributed by atoms with Gasteiger partial charge in [0.15, 0.2) is 0 Å². The first-order valence-corrected chi connectivity index (χ1v) is 7.84. The van der Waals surface area contributed by atoms with Crippen LogP contribution in [-0.2, 0) is 13.1 Å². The number of aromatic nitrogens is 1. The maximum atomic E-state index is 11.1. The zero-order valence-corrected chi connectivity index (χ0v) is 12.2. The first kappa shape index (κ1) is 13.5. The lowest BCUT2D eigenvalue weighted by atomic mass is 10.2. The Morgan fingerprint density at radius 2 is 2.20 bits per heavy atom. The molecule has 1 saturated heterocycles. The molecule has 0 bridgehead atoms. The van der Waals surface area contributed by atoms with E-state index < -0.39 is 0 Å². The number of nitrogens with zero attached hydrogens (tertiary/aromatic N) is 1. The van der Waals surface area contributed by atoms with Crippen LogP contribution >= 0.6 is 11.3 Å². The summed E-state index contributed by atoms with van der Waals surface area (Å²) in [5.74, 6) is 0. The number of aromatic amines is 1. The zero-order valence-electron chi connectivity index (χ0n) is 11.3. The van der Waals surface area contributed by atoms with Crippen molar-refractivity contribution in [3.8, 4) is 0 Å². The molecule has 1 atom stereocenters. The average Bonchev–Trinajstić information content (AvgIpc) is 3.07. The van der Waals surface area contributed by atoms with Crippen molar-refractivity contribution in [2.24, 2.45) is 0 Å². The molecule has 1 aromatic heterocycles. The van der Waals surface area contributed by atoms with E-state index in [-0.39, 0.29) is 4.87 Å². The van der Waals surface area contributed by atoms with Gasteiger partial charge < -0.3 is 10.3 Å². The van der Waals surface area contributed by atoms with E-state index in [1.54, 1.807) is 0 Å². The van der Waals surface area contributed by atoms with Crippen LogP contribution in [0.4, 0.5) is 0 Å². The molecule has 4 nitrogen and oxygen atoms in total. The summed E-state index contributed by atoms with van der Waals surface area (Å²) < 4.78 is 0. The highest BCUT2D eigenvalue weighted by Crippen LogP contribution is 2.13. The Bertz CT molecular complexity index is 592. The van der Waals surface area contributed by atoms with Gasteiger partial charge in [-0.05, 0) is 12.0 Å². The molecule has 0 aliphatic carbocycles. The van der Waals surface area contributed by atoms with E-state index in [2.05, 4.69) is 45.5 Å². The van der Waals surface area contributed by atoms with Crippen LogP contribution < -0.4 is 10.2 Å². The summed E-state index contributed by atoms with van der Waals surface area (Å²) in [7, 11) is 0. The second-order valence-electron chi connectivity index (χ2n) is 5.26.